The number of ether oxygens (including phenoxy) is 1. The molecule has 1 aliphatic carbocycles. The van der Waals surface area contributed by atoms with Crippen molar-refractivity contribution in [1.29, 1.82) is 0 Å². The van der Waals surface area contributed by atoms with E-state index in [1.165, 1.54) is 39.0 Å². The van der Waals surface area contributed by atoms with Gasteiger partial charge in [-0.3, -0.25) is 4.90 Å². The lowest BCUT2D eigenvalue weighted by Gasteiger charge is -2.44. The zero-order valence-electron chi connectivity index (χ0n) is 20.2. The maximum absolute atomic E-state index is 13.4. The number of fused-ring (bicyclic) bond motifs is 5. The summed E-state index contributed by atoms with van der Waals surface area (Å²) < 4.78 is 6.05. The summed E-state index contributed by atoms with van der Waals surface area (Å²) in [4.78, 5) is 15.4. The molecule has 0 saturated carbocycles. The Labute approximate surface area is 207 Å². The standard InChI is InChI=1S/C32H31NO2/c1-21(2)22-14-16-23(17-15-22)24-18-25-8-7-9-26(19-24)33(25)32(34)35-20-31-29-12-5-3-10-27(29)28-11-4-6-13-30(28)31/h3-6,10-18,25-26,31H,1,7-9,19-20H2,2H3. The van der Waals surface area contributed by atoms with E-state index in [0.717, 1.165) is 31.3 Å². The smallest absolute Gasteiger partial charge is 0.410 e. The summed E-state index contributed by atoms with van der Waals surface area (Å²) in [6, 6.07) is 25.9. The van der Waals surface area contributed by atoms with E-state index in [0.29, 0.717) is 6.61 Å². The Morgan fingerprint density at radius 1 is 0.943 bits per heavy atom. The normalized spacial score (nSPS) is 20.6. The minimum absolute atomic E-state index is 0.0916. The molecule has 176 valence electrons. The molecule has 2 bridgehead atoms. The van der Waals surface area contributed by atoms with Crippen molar-refractivity contribution < 1.29 is 9.53 Å². The van der Waals surface area contributed by atoms with Gasteiger partial charge in [0.25, 0.3) is 0 Å². The predicted molar refractivity (Wildman–Crippen MR) is 142 cm³/mol. The third kappa shape index (κ3) is 3.89. The summed E-state index contributed by atoms with van der Waals surface area (Å²) >= 11 is 0. The third-order valence-corrected chi connectivity index (χ3v) is 7.93. The van der Waals surface area contributed by atoms with E-state index in [2.05, 4.69) is 85.5 Å². The average molecular weight is 462 g/mol. The molecule has 6 rings (SSSR count). The molecule has 2 atom stereocenters. The number of benzene rings is 3. The van der Waals surface area contributed by atoms with Gasteiger partial charge in [0.2, 0.25) is 0 Å². The Kier molecular flexibility index (Phi) is 5.56. The van der Waals surface area contributed by atoms with Crippen LogP contribution in [0, 0.1) is 0 Å². The maximum Gasteiger partial charge on any atom is 0.410 e. The van der Waals surface area contributed by atoms with Gasteiger partial charge in [-0.1, -0.05) is 91.0 Å². The Hall–Kier alpha value is -3.59. The van der Waals surface area contributed by atoms with Gasteiger partial charge in [0.1, 0.15) is 6.61 Å². The van der Waals surface area contributed by atoms with Crippen LogP contribution in [-0.4, -0.2) is 29.7 Å². The van der Waals surface area contributed by atoms with Gasteiger partial charge in [0.05, 0.1) is 6.04 Å². The highest BCUT2D eigenvalue weighted by Gasteiger charge is 2.39. The molecular weight excluding hydrogens is 430 g/mol. The van der Waals surface area contributed by atoms with Crippen LogP contribution >= 0.6 is 0 Å². The number of carbonyl (C=O) groups excluding carboxylic acids is 1. The second-order valence-electron chi connectivity index (χ2n) is 10.1. The Morgan fingerprint density at radius 3 is 2.23 bits per heavy atom. The number of nitrogens with zero attached hydrogens (tertiary/aromatic N) is 1. The van der Waals surface area contributed by atoms with E-state index in [9.17, 15) is 4.79 Å². The maximum atomic E-state index is 13.4. The molecule has 2 heterocycles. The average Bonchev–Trinajstić information content (AvgIpc) is 3.20. The van der Waals surface area contributed by atoms with Gasteiger partial charge in [-0.05, 0) is 71.6 Å². The van der Waals surface area contributed by atoms with Crippen LogP contribution in [0.4, 0.5) is 4.79 Å². The van der Waals surface area contributed by atoms with Gasteiger partial charge in [0.15, 0.2) is 0 Å². The predicted octanol–water partition coefficient (Wildman–Crippen LogP) is 7.68. The molecule has 1 amide bonds. The summed E-state index contributed by atoms with van der Waals surface area (Å²) in [5.74, 6) is 0.0916. The van der Waals surface area contributed by atoms with Gasteiger partial charge < -0.3 is 4.74 Å². The van der Waals surface area contributed by atoms with Crippen LogP contribution in [0.15, 0.2) is 85.5 Å². The minimum Gasteiger partial charge on any atom is -0.448 e. The van der Waals surface area contributed by atoms with Crippen molar-refractivity contribution >= 4 is 17.2 Å². The molecule has 0 N–H and O–H groups in total. The number of carbonyl (C=O) groups is 1. The number of allylic oxidation sites excluding steroid dienone is 1. The molecule has 35 heavy (non-hydrogen) atoms. The topological polar surface area (TPSA) is 29.5 Å². The number of hydrogen-bond donors (Lipinski definition) is 0. The first-order valence-corrected chi connectivity index (χ1v) is 12.7. The first kappa shape index (κ1) is 21.9. The lowest BCUT2D eigenvalue weighted by Crippen LogP contribution is -2.51. The second-order valence-corrected chi connectivity index (χ2v) is 10.1. The summed E-state index contributed by atoms with van der Waals surface area (Å²) in [6.07, 6.45) is 6.19. The van der Waals surface area contributed by atoms with Gasteiger partial charge in [-0.25, -0.2) is 4.79 Å². The molecule has 2 aliphatic heterocycles. The third-order valence-electron chi connectivity index (χ3n) is 7.93. The highest BCUT2D eigenvalue weighted by atomic mass is 16.6. The van der Waals surface area contributed by atoms with Gasteiger partial charge >= 0.3 is 6.09 Å². The van der Waals surface area contributed by atoms with E-state index in [-0.39, 0.29) is 24.1 Å². The number of amides is 1. The SMILES string of the molecule is C=C(C)c1ccc(C2=CC3CCCC(C2)N3C(=O)OCC2c3ccccc3-c3ccccc32)cc1. The fourth-order valence-electron chi connectivity index (χ4n) is 6.17. The fourth-order valence-corrected chi connectivity index (χ4v) is 6.17. The van der Waals surface area contributed by atoms with E-state index in [4.69, 9.17) is 4.74 Å². The highest BCUT2D eigenvalue weighted by Crippen LogP contribution is 2.45. The van der Waals surface area contributed by atoms with E-state index in [1.807, 2.05) is 11.8 Å². The summed E-state index contributed by atoms with van der Waals surface area (Å²) in [7, 11) is 0. The Balaban J connectivity index is 1.20. The number of rotatable bonds is 4. The van der Waals surface area contributed by atoms with Crippen LogP contribution in [0.1, 0.15) is 60.8 Å². The number of piperidine rings is 1. The molecule has 3 aromatic carbocycles. The molecular formula is C32H31NO2. The van der Waals surface area contributed by atoms with Crippen molar-refractivity contribution in [2.24, 2.45) is 0 Å². The van der Waals surface area contributed by atoms with Crippen LogP contribution in [0.3, 0.4) is 0 Å². The molecule has 2 unspecified atom stereocenters. The largest absolute Gasteiger partial charge is 0.448 e. The summed E-state index contributed by atoms with van der Waals surface area (Å²) in [5.41, 5.74) is 9.85. The fraction of sp³-hybridized carbons (Fsp3) is 0.281. The van der Waals surface area contributed by atoms with Crippen molar-refractivity contribution in [3.8, 4) is 11.1 Å². The van der Waals surface area contributed by atoms with Crippen LogP contribution in [0.2, 0.25) is 0 Å². The van der Waals surface area contributed by atoms with Crippen molar-refractivity contribution in [2.45, 2.75) is 50.6 Å². The van der Waals surface area contributed by atoms with Crippen molar-refractivity contribution in [3.63, 3.8) is 0 Å². The van der Waals surface area contributed by atoms with Gasteiger partial charge in [-0.15, -0.1) is 0 Å². The Morgan fingerprint density at radius 2 is 1.60 bits per heavy atom. The van der Waals surface area contributed by atoms with Crippen LogP contribution in [0.25, 0.3) is 22.3 Å². The molecule has 3 aliphatic rings. The molecule has 1 saturated heterocycles. The second kappa shape index (κ2) is 8.88. The Bertz CT molecular complexity index is 1270. The van der Waals surface area contributed by atoms with E-state index >= 15 is 0 Å². The quantitative estimate of drug-likeness (QED) is 0.399. The summed E-state index contributed by atoms with van der Waals surface area (Å²) in [5, 5.41) is 0. The molecule has 3 aromatic rings. The van der Waals surface area contributed by atoms with E-state index in [1.54, 1.807) is 0 Å². The van der Waals surface area contributed by atoms with Gasteiger partial charge in [0, 0.05) is 12.0 Å². The van der Waals surface area contributed by atoms with Gasteiger partial charge in [-0.2, -0.15) is 0 Å². The van der Waals surface area contributed by atoms with Crippen LogP contribution < -0.4 is 0 Å². The van der Waals surface area contributed by atoms with Crippen molar-refractivity contribution in [2.75, 3.05) is 6.61 Å². The monoisotopic (exact) mass is 461 g/mol. The first-order chi connectivity index (χ1) is 17.1. The molecule has 3 heteroatoms. The lowest BCUT2D eigenvalue weighted by molar-refractivity contribution is 0.0539. The van der Waals surface area contributed by atoms with Crippen molar-refractivity contribution in [3.05, 3.63) is 108 Å². The molecule has 0 aromatic heterocycles. The van der Waals surface area contributed by atoms with E-state index < -0.39 is 0 Å². The first-order valence-electron chi connectivity index (χ1n) is 12.7. The minimum atomic E-state index is -0.172. The van der Waals surface area contributed by atoms with Crippen LogP contribution in [0.5, 0.6) is 0 Å². The molecule has 1 fully saturated rings. The summed E-state index contributed by atoms with van der Waals surface area (Å²) in [6.45, 7) is 6.45. The zero-order chi connectivity index (χ0) is 23.9. The lowest BCUT2D eigenvalue weighted by atomic mass is 9.83. The molecule has 3 nitrogen and oxygen atoms in total. The molecule has 0 spiro atoms. The highest BCUT2D eigenvalue weighted by molar-refractivity contribution is 5.79. The number of hydrogen-bond acceptors (Lipinski definition) is 2. The zero-order valence-corrected chi connectivity index (χ0v) is 20.2. The van der Waals surface area contributed by atoms with Crippen LogP contribution in [-0.2, 0) is 4.74 Å². The van der Waals surface area contributed by atoms with Crippen molar-refractivity contribution in [1.82, 2.24) is 4.90 Å². The molecule has 0 radical (unpaired) electrons.